The highest BCUT2D eigenvalue weighted by molar-refractivity contribution is 9.10. The van der Waals surface area contributed by atoms with Crippen LogP contribution in [0.25, 0.3) is 0 Å². The molecule has 13 heavy (non-hydrogen) atoms. The van der Waals surface area contributed by atoms with Crippen LogP contribution in [0.4, 0.5) is 0 Å². The highest BCUT2D eigenvalue weighted by atomic mass is 79.9. The van der Waals surface area contributed by atoms with E-state index in [1.165, 1.54) is 0 Å². The molecule has 1 heterocycles. The summed E-state index contributed by atoms with van der Waals surface area (Å²) in [5, 5.41) is 8.67. The van der Waals surface area contributed by atoms with Crippen molar-refractivity contribution in [2.24, 2.45) is 5.92 Å². The standard InChI is InChI=1S/C9H10BrNO2/c1-6(9(12)13)4-7-2-3-8(10)11-5-7/h2-3,5-6H,4H2,1H3,(H,12,13). The zero-order valence-electron chi connectivity index (χ0n) is 7.20. The maximum absolute atomic E-state index is 10.5. The van der Waals surface area contributed by atoms with E-state index < -0.39 is 5.97 Å². The molecule has 0 aromatic carbocycles. The zero-order valence-corrected chi connectivity index (χ0v) is 8.78. The van der Waals surface area contributed by atoms with Crippen molar-refractivity contribution in [1.29, 1.82) is 0 Å². The van der Waals surface area contributed by atoms with E-state index in [0.29, 0.717) is 6.42 Å². The van der Waals surface area contributed by atoms with E-state index in [4.69, 9.17) is 5.11 Å². The Kier molecular flexibility index (Phi) is 3.42. The van der Waals surface area contributed by atoms with E-state index in [9.17, 15) is 4.79 Å². The number of carboxylic acids is 1. The molecule has 0 radical (unpaired) electrons. The molecule has 0 bridgehead atoms. The highest BCUT2D eigenvalue weighted by Gasteiger charge is 2.11. The molecule has 1 rings (SSSR count). The number of nitrogens with zero attached hydrogens (tertiary/aromatic N) is 1. The first kappa shape index (κ1) is 10.2. The molecule has 0 aliphatic rings. The minimum Gasteiger partial charge on any atom is -0.481 e. The monoisotopic (exact) mass is 243 g/mol. The van der Waals surface area contributed by atoms with Crippen LogP contribution in [0.5, 0.6) is 0 Å². The molecule has 70 valence electrons. The van der Waals surface area contributed by atoms with Gasteiger partial charge in [-0.25, -0.2) is 4.98 Å². The van der Waals surface area contributed by atoms with E-state index in [1.54, 1.807) is 13.1 Å². The first-order valence-electron chi connectivity index (χ1n) is 3.93. The van der Waals surface area contributed by atoms with Crippen LogP contribution in [0, 0.1) is 5.92 Å². The second-order valence-corrected chi connectivity index (χ2v) is 3.75. The number of hydrogen-bond donors (Lipinski definition) is 1. The van der Waals surface area contributed by atoms with E-state index in [0.717, 1.165) is 10.2 Å². The van der Waals surface area contributed by atoms with Crippen LogP contribution in [0.15, 0.2) is 22.9 Å². The minimum absolute atomic E-state index is 0.358. The van der Waals surface area contributed by atoms with Crippen LogP contribution in [0.3, 0.4) is 0 Å². The fraction of sp³-hybridized carbons (Fsp3) is 0.333. The fourth-order valence-corrected chi connectivity index (χ4v) is 1.20. The van der Waals surface area contributed by atoms with E-state index in [-0.39, 0.29) is 5.92 Å². The highest BCUT2D eigenvalue weighted by Crippen LogP contribution is 2.10. The summed E-state index contributed by atoms with van der Waals surface area (Å²) in [7, 11) is 0. The lowest BCUT2D eigenvalue weighted by Crippen LogP contribution is -2.12. The van der Waals surface area contributed by atoms with Gasteiger partial charge in [0, 0.05) is 6.20 Å². The average molecular weight is 244 g/mol. The number of halogens is 1. The van der Waals surface area contributed by atoms with Crippen molar-refractivity contribution < 1.29 is 9.90 Å². The Hall–Kier alpha value is -0.900. The summed E-state index contributed by atoms with van der Waals surface area (Å²) in [5.41, 5.74) is 0.943. The van der Waals surface area contributed by atoms with Gasteiger partial charge in [0.2, 0.25) is 0 Å². The molecule has 1 N–H and O–H groups in total. The maximum Gasteiger partial charge on any atom is 0.306 e. The molecule has 0 amide bonds. The lowest BCUT2D eigenvalue weighted by atomic mass is 10.0. The van der Waals surface area contributed by atoms with Crippen LogP contribution in [-0.2, 0) is 11.2 Å². The van der Waals surface area contributed by atoms with Crippen LogP contribution in [0.2, 0.25) is 0 Å². The third-order valence-electron chi connectivity index (χ3n) is 1.75. The van der Waals surface area contributed by atoms with Gasteiger partial charge in [0.25, 0.3) is 0 Å². The molecule has 1 aromatic rings. The van der Waals surface area contributed by atoms with E-state index >= 15 is 0 Å². The molecule has 0 aliphatic heterocycles. The van der Waals surface area contributed by atoms with Crippen LogP contribution >= 0.6 is 15.9 Å². The van der Waals surface area contributed by atoms with Crippen molar-refractivity contribution >= 4 is 21.9 Å². The summed E-state index contributed by atoms with van der Waals surface area (Å²) < 4.78 is 0.763. The van der Waals surface area contributed by atoms with Gasteiger partial charge in [0.15, 0.2) is 0 Å². The minimum atomic E-state index is -0.775. The quantitative estimate of drug-likeness (QED) is 0.828. The maximum atomic E-state index is 10.5. The summed E-state index contributed by atoms with van der Waals surface area (Å²) in [6.45, 7) is 1.68. The molecule has 1 aromatic heterocycles. The summed E-state index contributed by atoms with van der Waals surface area (Å²) in [5.74, 6) is -1.13. The smallest absolute Gasteiger partial charge is 0.306 e. The topological polar surface area (TPSA) is 50.2 Å². The Morgan fingerprint density at radius 1 is 1.69 bits per heavy atom. The van der Waals surface area contributed by atoms with Crippen LogP contribution in [-0.4, -0.2) is 16.1 Å². The van der Waals surface area contributed by atoms with Crippen molar-refractivity contribution in [2.75, 3.05) is 0 Å². The summed E-state index contributed by atoms with van der Waals surface area (Å²) in [6, 6.07) is 3.68. The Morgan fingerprint density at radius 3 is 2.85 bits per heavy atom. The third kappa shape index (κ3) is 3.14. The second kappa shape index (κ2) is 4.37. The van der Waals surface area contributed by atoms with Crippen LogP contribution in [0.1, 0.15) is 12.5 Å². The molecular formula is C9H10BrNO2. The lowest BCUT2D eigenvalue weighted by molar-refractivity contribution is -0.141. The lowest BCUT2D eigenvalue weighted by Gasteiger charge is -2.04. The number of pyridine rings is 1. The van der Waals surface area contributed by atoms with Gasteiger partial charge in [-0.05, 0) is 34.0 Å². The number of carboxylic acid groups (broad SMARTS) is 1. The number of hydrogen-bond acceptors (Lipinski definition) is 2. The van der Waals surface area contributed by atoms with Gasteiger partial charge in [-0.2, -0.15) is 0 Å². The molecule has 0 spiro atoms. The molecule has 3 nitrogen and oxygen atoms in total. The fourth-order valence-electron chi connectivity index (χ4n) is 0.968. The number of carbonyl (C=O) groups is 1. The van der Waals surface area contributed by atoms with Gasteiger partial charge in [-0.3, -0.25) is 4.79 Å². The number of aliphatic carboxylic acids is 1. The second-order valence-electron chi connectivity index (χ2n) is 2.93. The van der Waals surface area contributed by atoms with Crippen LogP contribution < -0.4 is 0 Å². The molecule has 0 saturated carbocycles. The van der Waals surface area contributed by atoms with Gasteiger partial charge in [-0.15, -0.1) is 0 Å². The first-order valence-corrected chi connectivity index (χ1v) is 4.72. The Bertz CT molecular complexity index is 297. The predicted octanol–water partition coefficient (Wildman–Crippen LogP) is 2.11. The van der Waals surface area contributed by atoms with Crippen molar-refractivity contribution in [3.05, 3.63) is 28.5 Å². The molecule has 4 heteroatoms. The predicted molar refractivity (Wildman–Crippen MR) is 52.4 cm³/mol. The molecule has 1 atom stereocenters. The van der Waals surface area contributed by atoms with Gasteiger partial charge in [-0.1, -0.05) is 13.0 Å². The molecule has 0 fully saturated rings. The van der Waals surface area contributed by atoms with Gasteiger partial charge in [0.1, 0.15) is 4.60 Å². The summed E-state index contributed by atoms with van der Waals surface area (Å²) >= 11 is 3.21. The Morgan fingerprint density at radius 2 is 2.38 bits per heavy atom. The SMILES string of the molecule is CC(Cc1ccc(Br)nc1)C(=O)O. The van der Waals surface area contributed by atoms with Gasteiger partial charge < -0.3 is 5.11 Å². The number of rotatable bonds is 3. The van der Waals surface area contributed by atoms with Gasteiger partial charge >= 0.3 is 5.97 Å². The van der Waals surface area contributed by atoms with Crippen molar-refractivity contribution in [3.63, 3.8) is 0 Å². The largest absolute Gasteiger partial charge is 0.481 e. The summed E-state index contributed by atoms with van der Waals surface area (Å²) in [4.78, 5) is 14.6. The van der Waals surface area contributed by atoms with E-state index in [1.807, 2.05) is 12.1 Å². The average Bonchev–Trinajstić information content (AvgIpc) is 2.08. The van der Waals surface area contributed by atoms with Crippen molar-refractivity contribution in [2.45, 2.75) is 13.3 Å². The zero-order chi connectivity index (χ0) is 9.84. The van der Waals surface area contributed by atoms with Crippen molar-refractivity contribution in [1.82, 2.24) is 4.98 Å². The molecular weight excluding hydrogens is 234 g/mol. The number of aromatic nitrogens is 1. The molecule has 0 aliphatic carbocycles. The summed E-state index contributed by atoms with van der Waals surface area (Å²) in [6.07, 6.45) is 2.21. The normalized spacial score (nSPS) is 12.5. The van der Waals surface area contributed by atoms with E-state index in [2.05, 4.69) is 20.9 Å². The van der Waals surface area contributed by atoms with Gasteiger partial charge in [0.05, 0.1) is 5.92 Å². The Balaban J connectivity index is 2.64. The molecule has 1 unspecified atom stereocenters. The first-order chi connectivity index (χ1) is 6.09. The van der Waals surface area contributed by atoms with Crippen molar-refractivity contribution in [3.8, 4) is 0 Å². The molecule has 0 saturated heterocycles. The third-order valence-corrected chi connectivity index (χ3v) is 2.22. The Labute approximate surface area is 84.9 Å².